The van der Waals surface area contributed by atoms with E-state index in [1.807, 2.05) is 0 Å². The number of carboxylic acid groups (broad SMARTS) is 1. The Kier molecular flexibility index (Phi) is 5.88. The van der Waals surface area contributed by atoms with E-state index in [1.165, 1.54) is 25.7 Å². The number of hydrogen-bond donors (Lipinski definition) is 2. The maximum atomic E-state index is 12.3. The fourth-order valence-corrected chi connectivity index (χ4v) is 3.31. The Hall–Kier alpha value is -1.26. The Balaban J connectivity index is 1.75. The van der Waals surface area contributed by atoms with Gasteiger partial charge in [-0.05, 0) is 44.4 Å². The molecule has 0 spiro atoms. The van der Waals surface area contributed by atoms with Crippen LogP contribution in [-0.2, 0) is 4.79 Å². The van der Waals surface area contributed by atoms with Crippen molar-refractivity contribution in [2.24, 2.45) is 5.92 Å². The summed E-state index contributed by atoms with van der Waals surface area (Å²) in [6, 6.07) is 0.482. The first-order valence-electron chi connectivity index (χ1n) is 8.39. The molecule has 2 fully saturated rings. The topological polar surface area (TPSA) is 69.6 Å². The van der Waals surface area contributed by atoms with Gasteiger partial charge in [-0.25, -0.2) is 4.79 Å². The Bertz CT molecular complexity index is 361. The molecule has 2 amide bonds. The minimum atomic E-state index is -0.839. The smallest absolute Gasteiger partial charge is 0.317 e. The fourth-order valence-electron chi connectivity index (χ4n) is 3.31. The van der Waals surface area contributed by atoms with Crippen molar-refractivity contribution in [2.45, 2.75) is 76.8 Å². The van der Waals surface area contributed by atoms with Crippen LogP contribution in [0.1, 0.15) is 64.7 Å². The average molecular weight is 296 g/mol. The molecule has 120 valence electrons. The van der Waals surface area contributed by atoms with Crippen LogP contribution < -0.4 is 5.32 Å². The Morgan fingerprint density at radius 1 is 1.14 bits per heavy atom. The van der Waals surface area contributed by atoms with Crippen LogP contribution in [0.2, 0.25) is 0 Å². The molecule has 2 saturated carbocycles. The van der Waals surface area contributed by atoms with Crippen LogP contribution >= 0.6 is 0 Å². The van der Waals surface area contributed by atoms with E-state index in [0.717, 1.165) is 31.6 Å². The molecule has 0 atom stereocenters. The number of nitrogens with zero attached hydrogens (tertiary/aromatic N) is 1. The summed E-state index contributed by atoms with van der Waals surface area (Å²) in [5, 5.41) is 11.9. The van der Waals surface area contributed by atoms with Crippen molar-refractivity contribution < 1.29 is 14.7 Å². The molecule has 2 N–H and O–H groups in total. The maximum Gasteiger partial charge on any atom is 0.317 e. The van der Waals surface area contributed by atoms with E-state index in [2.05, 4.69) is 12.2 Å². The molecule has 21 heavy (non-hydrogen) atoms. The van der Waals surface area contributed by atoms with Crippen LogP contribution in [0.15, 0.2) is 0 Å². The zero-order valence-electron chi connectivity index (χ0n) is 13.0. The third-order valence-corrected chi connectivity index (χ3v) is 4.69. The van der Waals surface area contributed by atoms with Gasteiger partial charge in [0.15, 0.2) is 0 Å². The number of rotatable bonds is 7. The van der Waals surface area contributed by atoms with Crippen molar-refractivity contribution in [1.82, 2.24) is 10.2 Å². The highest BCUT2D eigenvalue weighted by atomic mass is 16.4. The van der Waals surface area contributed by atoms with Gasteiger partial charge in [-0.1, -0.05) is 19.8 Å². The molecule has 0 unspecified atom stereocenters. The second-order valence-electron chi connectivity index (χ2n) is 6.52. The van der Waals surface area contributed by atoms with Crippen LogP contribution in [0.3, 0.4) is 0 Å². The maximum absolute atomic E-state index is 12.3. The Morgan fingerprint density at radius 3 is 2.33 bits per heavy atom. The number of urea groups is 1. The molecule has 0 aromatic heterocycles. The Labute approximate surface area is 127 Å². The second kappa shape index (κ2) is 7.66. The highest BCUT2D eigenvalue weighted by molar-refractivity contribution is 5.76. The van der Waals surface area contributed by atoms with Crippen LogP contribution in [0.4, 0.5) is 4.79 Å². The van der Waals surface area contributed by atoms with Crippen LogP contribution in [0.5, 0.6) is 0 Å². The quantitative estimate of drug-likeness (QED) is 0.758. The van der Waals surface area contributed by atoms with Gasteiger partial charge in [-0.15, -0.1) is 0 Å². The third-order valence-electron chi connectivity index (χ3n) is 4.69. The first-order chi connectivity index (χ1) is 10.1. The zero-order valence-corrected chi connectivity index (χ0v) is 13.0. The summed E-state index contributed by atoms with van der Waals surface area (Å²) in [7, 11) is 0. The molecule has 0 aromatic rings. The van der Waals surface area contributed by atoms with Gasteiger partial charge in [0.25, 0.3) is 0 Å². The zero-order chi connectivity index (χ0) is 15.2. The number of carbonyl (C=O) groups excluding carboxylic acids is 1. The van der Waals surface area contributed by atoms with Gasteiger partial charge < -0.3 is 15.3 Å². The lowest BCUT2D eigenvalue weighted by molar-refractivity contribution is -0.137. The molecule has 5 heteroatoms. The van der Waals surface area contributed by atoms with Crippen LogP contribution in [0, 0.1) is 5.92 Å². The minimum Gasteiger partial charge on any atom is -0.481 e. The van der Waals surface area contributed by atoms with E-state index >= 15 is 0 Å². The molecule has 0 saturated heterocycles. The van der Waals surface area contributed by atoms with E-state index in [0.29, 0.717) is 6.54 Å². The summed E-state index contributed by atoms with van der Waals surface area (Å²) < 4.78 is 0. The highest BCUT2D eigenvalue weighted by Gasteiger charge is 2.34. The first kappa shape index (κ1) is 16.1. The average Bonchev–Trinajstić information content (AvgIpc) is 3.26. The van der Waals surface area contributed by atoms with Gasteiger partial charge in [0.2, 0.25) is 0 Å². The molecule has 0 aromatic carbocycles. The number of carboxylic acids is 1. The van der Waals surface area contributed by atoms with Gasteiger partial charge in [-0.2, -0.15) is 0 Å². The van der Waals surface area contributed by atoms with Crippen molar-refractivity contribution in [3.05, 3.63) is 0 Å². The van der Waals surface area contributed by atoms with Gasteiger partial charge >= 0.3 is 12.0 Å². The van der Waals surface area contributed by atoms with Gasteiger partial charge in [0.05, 0.1) is 6.42 Å². The van der Waals surface area contributed by atoms with Crippen molar-refractivity contribution in [1.29, 1.82) is 0 Å². The SMILES string of the molecule is CCCC1CCC(NC(=O)N(CCC(=O)O)C2CC2)CC1. The highest BCUT2D eigenvalue weighted by Crippen LogP contribution is 2.29. The molecular weight excluding hydrogens is 268 g/mol. The number of nitrogens with one attached hydrogen (secondary N) is 1. The molecule has 0 bridgehead atoms. The predicted octanol–water partition coefficient (Wildman–Crippen LogP) is 2.99. The largest absolute Gasteiger partial charge is 0.481 e. The summed E-state index contributed by atoms with van der Waals surface area (Å²) in [6.45, 7) is 2.56. The molecule has 2 aliphatic rings. The van der Waals surface area contributed by atoms with Crippen molar-refractivity contribution >= 4 is 12.0 Å². The van der Waals surface area contributed by atoms with Crippen molar-refractivity contribution in [3.63, 3.8) is 0 Å². The molecule has 0 aliphatic heterocycles. The van der Waals surface area contributed by atoms with Crippen molar-refractivity contribution in [3.8, 4) is 0 Å². The second-order valence-corrected chi connectivity index (χ2v) is 6.52. The van der Waals surface area contributed by atoms with Crippen LogP contribution in [-0.4, -0.2) is 40.6 Å². The van der Waals surface area contributed by atoms with Crippen LogP contribution in [0.25, 0.3) is 0 Å². The summed E-state index contributed by atoms with van der Waals surface area (Å²) >= 11 is 0. The lowest BCUT2D eigenvalue weighted by Crippen LogP contribution is -2.47. The molecule has 2 rings (SSSR count). The van der Waals surface area contributed by atoms with Gasteiger partial charge in [0.1, 0.15) is 0 Å². The third kappa shape index (κ3) is 5.21. The number of amides is 2. The monoisotopic (exact) mass is 296 g/mol. The lowest BCUT2D eigenvalue weighted by atomic mass is 9.83. The summed E-state index contributed by atoms with van der Waals surface area (Å²) in [5.41, 5.74) is 0. The van der Waals surface area contributed by atoms with Gasteiger partial charge in [-0.3, -0.25) is 4.79 Å². The summed E-state index contributed by atoms with van der Waals surface area (Å²) in [4.78, 5) is 24.8. The number of aliphatic carboxylic acids is 1. The molecule has 5 nitrogen and oxygen atoms in total. The number of hydrogen-bond acceptors (Lipinski definition) is 2. The molecular formula is C16H28N2O3. The van der Waals surface area contributed by atoms with E-state index in [-0.39, 0.29) is 24.5 Å². The fraction of sp³-hybridized carbons (Fsp3) is 0.875. The Morgan fingerprint density at radius 2 is 1.81 bits per heavy atom. The summed E-state index contributed by atoms with van der Waals surface area (Å²) in [6.07, 6.45) is 9.13. The summed E-state index contributed by atoms with van der Waals surface area (Å²) in [5.74, 6) is -0.0109. The molecule has 0 heterocycles. The lowest BCUT2D eigenvalue weighted by Gasteiger charge is -2.31. The van der Waals surface area contributed by atoms with E-state index < -0.39 is 5.97 Å². The van der Waals surface area contributed by atoms with E-state index in [1.54, 1.807) is 4.90 Å². The van der Waals surface area contributed by atoms with Crippen molar-refractivity contribution in [2.75, 3.05) is 6.54 Å². The standard InChI is InChI=1S/C16H28N2O3/c1-2-3-12-4-6-13(7-5-12)17-16(21)18(14-8-9-14)11-10-15(19)20/h12-14H,2-11H2,1H3,(H,17,21)(H,19,20). The van der Waals surface area contributed by atoms with E-state index in [9.17, 15) is 9.59 Å². The molecule has 0 radical (unpaired) electrons. The minimum absolute atomic E-state index is 0.0349. The molecule has 2 aliphatic carbocycles. The number of carbonyl (C=O) groups is 2. The first-order valence-corrected chi connectivity index (χ1v) is 8.39. The van der Waals surface area contributed by atoms with Gasteiger partial charge in [0, 0.05) is 18.6 Å². The predicted molar refractivity (Wildman–Crippen MR) is 81.2 cm³/mol. The van der Waals surface area contributed by atoms with E-state index in [4.69, 9.17) is 5.11 Å². The normalized spacial score (nSPS) is 25.4.